The lowest BCUT2D eigenvalue weighted by molar-refractivity contribution is -0.113. The molecular formula is C13H12ClNO2. The van der Waals surface area contributed by atoms with Gasteiger partial charge in [0.1, 0.15) is 17.4 Å². The Kier molecular flexibility index (Phi) is 3.49. The maximum Gasteiger partial charge on any atom is 0.239 e. The first-order chi connectivity index (χ1) is 8.19. The Balaban J connectivity index is 2.25. The molecule has 0 aliphatic rings. The molecule has 3 nitrogen and oxygen atoms in total. The Labute approximate surface area is 104 Å². The SMILES string of the molecule is Cc1ccc(-c2cccc(NC(=O)CCl)c2)o1. The number of benzene rings is 1. The quantitative estimate of drug-likeness (QED) is 0.847. The summed E-state index contributed by atoms with van der Waals surface area (Å²) in [5.41, 5.74) is 1.63. The molecular weight excluding hydrogens is 238 g/mol. The number of furan rings is 1. The van der Waals surface area contributed by atoms with E-state index in [1.807, 2.05) is 43.3 Å². The lowest BCUT2D eigenvalue weighted by atomic mass is 10.1. The summed E-state index contributed by atoms with van der Waals surface area (Å²) in [6.07, 6.45) is 0. The van der Waals surface area contributed by atoms with Crippen LogP contribution in [-0.2, 0) is 4.79 Å². The van der Waals surface area contributed by atoms with Crippen LogP contribution in [-0.4, -0.2) is 11.8 Å². The average molecular weight is 250 g/mol. The van der Waals surface area contributed by atoms with Crippen LogP contribution in [0.4, 0.5) is 5.69 Å². The summed E-state index contributed by atoms with van der Waals surface area (Å²) in [7, 11) is 0. The van der Waals surface area contributed by atoms with Crippen LogP contribution in [0.3, 0.4) is 0 Å². The van der Waals surface area contributed by atoms with Crippen molar-refractivity contribution in [3.63, 3.8) is 0 Å². The zero-order valence-corrected chi connectivity index (χ0v) is 10.1. The maximum absolute atomic E-state index is 11.2. The fourth-order valence-electron chi connectivity index (χ4n) is 1.53. The fraction of sp³-hybridized carbons (Fsp3) is 0.154. The van der Waals surface area contributed by atoms with E-state index < -0.39 is 0 Å². The van der Waals surface area contributed by atoms with E-state index >= 15 is 0 Å². The highest BCUT2D eigenvalue weighted by Crippen LogP contribution is 2.24. The second-order valence-corrected chi connectivity index (χ2v) is 3.94. The maximum atomic E-state index is 11.2. The van der Waals surface area contributed by atoms with Crippen LogP contribution in [0.5, 0.6) is 0 Å². The van der Waals surface area contributed by atoms with E-state index in [2.05, 4.69) is 5.32 Å². The topological polar surface area (TPSA) is 42.2 Å². The number of alkyl halides is 1. The minimum atomic E-state index is -0.223. The second kappa shape index (κ2) is 5.06. The molecule has 0 saturated heterocycles. The van der Waals surface area contributed by atoms with E-state index in [4.69, 9.17) is 16.0 Å². The van der Waals surface area contributed by atoms with Gasteiger partial charge >= 0.3 is 0 Å². The van der Waals surface area contributed by atoms with Crippen LogP contribution >= 0.6 is 11.6 Å². The number of rotatable bonds is 3. The van der Waals surface area contributed by atoms with Crippen LogP contribution in [0.25, 0.3) is 11.3 Å². The van der Waals surface area contributed by atoms with E-state index in [1.54, 1.807) is 0 Å². The molecule has 2 rings (SSSR count). The molecule has 0 bridgehead atoms. The van der Waals surface area contributed by atoms with Gasteiger partial charge in [0.05, 0.1) is 0 Å². The molecule has 1 aromatic carbocycles. The zero-order valence-electron chi connectivity index (χ0n) is 9.37. The average Bonchev–Trinajstić information content (AvgIpc) is 2.76. The number of nitrogens with one attached hydrogen (secondary N) is 1. The molecule has 1 N–H and O–H groups in total. The third kappa shape index (κ3) is 2.88. The zero-order chi connectivity index (χ0) is 12.3. The Morgan fingerprint density at radius 1 is 1.35 bits per heavy atom. The molecule has 17 heavy (non-hydrogen) atoms. The molecule has 2 aromatic rings. The van der Waals surface area contributed by atoms with E-state index in [0.29, 0.717) is 5.69 Å². The first-order valence-corrected chi connectivity index (χ1v) is 5.75. The van der Waals surface area contributed by atoms with Crippen LogP contribution in [0.2, 0.25) is 0 Å². The van der Waals surface area contributed by atoms with Gasteiger partial charge in [0, 0.05) is 11.3 Å². The third-order valence-electron chi connectivity index (χ3n) is 2.29. The van der Waals surface area contributed by atoms with Crippen molar-refractivity contribution in [2.75, 3.05) is 11.2 Å². The van der Waals surface area contributed by atoms with Gasteiger partial charge in [0.15, 0.2) is 0 Å². The molecule has 1 amide bonds. The molecule has 0 aliphatic carbocycles. The molecule has 0 aliphatic heterocycles. The van der Waals surface area contributed by atoms with Crippen molar-refractivity contribution in [1.29, 1.82) is 0 Å². The summed E-state index contributed by atoms with van der Waals surface area (Å²) in [4.78, 5) is 11.2. The molecule has 0 fully saturated rings. The van der Waals surface area contributed by atoms with Crippen LogP contribution in [0, 0.1) is 6.92 Å². The van der Waals surface area contributed by atoms with Gasteiger partial charge in [-0.15, -0.1) is 11.6 Å². The predicted molar refractivity (Wildman–Crippen MR) is 68.2 cm³/mol. The summed E-state index contributed by atoms with van der Waals surface area (Å²) in [6.45, 7) is 1.89. The molecule has 1 heterocycles. The number of hydrogen-bond donors (Lipinski definition) is 1. The van der Waals surface area contributed by atoms with Crippen LogP contribution in [0.15, 0.2) is 40.8 Å². The summed E-state index contributed by atoms with van der Waals surface area (Å²) in [5, 5.41) is 2.70. The Bertz CT molecular complexity index is 534. The minimum absolute atomic E-state index is 0.0515. The summed E-state index contributed by atoms with van der Waals surface area (Å²) < 4.78 is 5.52. The van der Waals surface area contributed by atoms with Crippen molar-refractivity contribution in [2.24, 2.45) is 0 Å². The molecule has 4 heteroatoms. The predicted octanol–water partition coefficient (Wildman–Crippen LogP) is 3.43. The van der Waals surface area contributed by atoms with Gasteiger partial charge in [-0.25, -0.2) is 0 Å². The number of aryl methyl sites for hydroxylation is 1. The summed E-state index contributed by atoms with van der Waals surface area (Å²) >= 11 is 5.43. The number of hydrogen-bond acceptors (Lipinski definition) is 2. The van der Waals surface area contributed by atoms with Gasteiger partial charge in [0.25, 0.3) is 0 Å². The van der Waals surface area contributed by atoms with E-state index in [9.17, 15) is 4.79 Å². The summed E-state index contributed by atoms with van der Waals surface area (Å²) in [5.74, 6) is 1.36. The fourth-order valence-corrected chi connectivity index (χ4v) is 1.60. The van der Waals surface area contributed by atoms with Crippen molar-refractivity contribution in [1.82, 2.24) is 0 Å². The highest BCUT2D eigenvalue weighted by Gasteiger charge is 2.05. The highest BCUT2D eigenvalue weighted by atomic mass is 35.5. The Morgan fingerprint density at radius 3 is 2.82 bits per heavy atom. The van der Waals surface area contributed by atoms with Crippen molar-refractivity contribution in [2.45, 2.75) is 6.92 Å². The smallest absolute Gasteiger partial charge is 0.239 e. The van der Waals surface area contributed by atoms with E-state index in [1.165, 1.54) is 0 Å². The molecule has 88 valence electrons. The normalized spacial score (nSPS) is 10.2. The number of carbonyl (C=O) groups excluding carboxylic acids is 1. The van der Waals surface area contributed by atoms with Crippen LogP contribution in [0.1, 0.15) is 5.76 Å². The molecule has 0 saturated carbocycles. The van der Waals surface area contributed by atoms with Crippen molar-refractivity contribution >= 4 is 23.2 Å². The largest absolute Gasteiger partial charge is 0.461 e. The standard InChI is InChI=1S/C13H12ClNO2/c1-9-5-6-12(17-9)10-3-2-4-11(7-10)15-13(16)8-14/h2-7H,8H2,1H3,(H,15,16). The van der Waals surface area contributed by atoms with Gasteiger partial charge in [0.2, 0.25) is 5.91 Å². The van der Waals surface area contributed by atoms with Gasteiger partial charge in [-0.1, -0.05) is 12.1 Å². The second-order valence-electron chi connectivity index (χ2n) is 3.67. The lowest BCUT2D eigenvalue weighted by Crippen LogP contribution is -2.12. The number of carbonyl (C=O) groups is 1. The number of anilines is 1. The monoisotopic (exact) mass is 249 g/mol. The molecule has 1 aromatic heterocycles. The summed E-state index contributed by atoms with van der Waals surface area (Å²) in [6, 6.07) is 11.2. The molecule has 0 spiro atoms. The van der Waals surface area contributed by atoms with Crippen molar-refractivity contribution in [3.8, 4) is 11.3 Å². The third-order valence-corrected chi connectivity index (χ3v) is 2.54. The van der Waals surface area contributed by atoms with Gasteiger partial charge < -0.3 is 9.73 Å². The highest BCUT2D eigenvalue weighted by molar-refractivity contribution is 6.29. The lowest BCUT2D eigenvalue weighted by Gasteiger charge is -2.04. The number of amides is 1. The molecule has 0 atom stereocenters. The van der Waals surface area contributed by atoms with Crippen molar-refractivity contribution < 1.29 is 9.21 Å². The molecule has 0 unspecified atom stereocenters. The van der Waals surface area contributed by atoms with Gasteiger partial charge in [-0.3, -0.25) is 4.79 Å². The van der Waals surface area contributed by atoms with E-state index in [-0.39, 0.29) is 11.8 Å². The first-order valence-electron chi connectivity index (χ1n) is 5.22. The minimum Gasteiger partial charge on any atom is -0.461 e. The number of halogens is 1. The first kappa shape index (κ1) is 11.7. The van der Waals surface area contributed by atoms with Gasteiger partial charge in [-0.05, 0) is 31.2 Å². The van der Waals surface area contributed by atoms with Gasteiger partial charge in [-0.2, -0.15) is 0 Å². The Hall–Kier alpha value is -1.74. The van der Waals surface area contributed by atoms with E-state index in [0.717, 1.165) is 17.1 Å². The van der Waals surface area contributed by atoms with Crippen molar-refractivity contribution in [3.05, 3.63) is 42.2 Å². The molecule has 0 radical (unpaired) electrons. The van der Waals surface area contributed by atoms with Crippen LogP contribution < -0.4 is 5.32 Å². The Morgan fingerprint density at radius 2 is 2.18 bits per heavy atom.